The third-order valence-corrected chi connectivity index (χ3v) is 2.51. The van der Waals surface area contributed by atoms with Crippen LogP contribution in [0.2, 0.25) is 0 Å². The summed E-state index contributed by atoms with van der Waals surface area (Å²) in [7, 11) is -5.53. The fourth-order valence-corrected chi connectivity index (χ4v) is 0.963. The fraction of sp³-hybridized carbons (Fsp3) is 0.800. The molecule has 0 aromatic rings. The molecule has 0 unspecified atom stereocenters. The van der Waals surface area contributed by atoms with E-state index in [2.05, 4.69) is 4.74 Å². The quantitative estimate of drug-likeness (QED) is 0.599. The summed E-state index contributed by atoms with van der Waals surface area (Å²) < 4.78 is 56.8. The van der Waals surface area contributed by atoms with E-state index in [0.717, 1.165) is 0 Å². The van der Waals surface area contributed by atoms with E-state index in [9.17, 15) is 22.0 Å². The average Bonchev–Trinajstić information content (AvgIpc) is 1.99. The van der Waals surface area contributed by atoms with Gasteiger partial charge in [0.05, 0.1) is 0 Å². The summed E-state index contributed by atoms with van der Waals surface area (Å²) in [6.45, 7) is -0.0927. The number of alkyl halides is 2. The first-order valence-electron chi connectivity index (χ1n) is 3.35. The SMILES string of the molecule is CCSC(=O)OCC(F)(F)S(=O)(=O)O. The zero-order valence-corrected chi connectivity index (χ0v) is 8.70. The van der Waals surface area contributed by atoms with Crippen molar-refractivity contribution in [3.8, 4) is 0 Å². The highest BCUT2D eigenvalue weighted by Crippen LogP contribution is 2.21. The van der Waals surface area contributed by atoms with E-state index in [1.54, 1.807) is 6.92 Å². The van der Waals surface area contributed by atoms with Gasteiger partial charge in [0.1, 0.15) is 0 Å². The van der Waals surface area contributed by atoms with Gasteiger partial charge < -0.3 is 4.74 Å². The van der Waals surface area contributed by atoms with Crippen LogP contribution < -0.4 is 0 Å². The number of halogens is 2. The summed E-state index contributed by atoms with van der Waals surface area (Å²) in [5.41, 5.74) is 0. The van der Waals surface area contributed by atoms with E-state index < -0.39 is 27.3 Å². The molecule has 9 heteroatoms. The predicted octanol–water partition coefficient (Wildman–Crippen LogP) is 1.36. The molecule has 0 aromatic heterocycles. The highest BCUT2D eigenvalue weighted by Gasteiger charge is 2.45. The second kappa shape index (κ2) is 4.89. The average molecular weight is 250 g/mol. The molecule has 0 bridgehead atoms. The molecule has 0 amide bonds. The molecule has 0 heterocycles. The molecule has 14 heavy (non-hydrogen) atoms. The molecule has 0 radical (unpaired) electrons. The minimum atomic E-state index is -5.53. The van der Waals surface area contributed by atoms with Gasteiger partial charge in [0.25, 0.3) is 0 Å². The van der Waals surface area contributed by atoms with Gasteiger partial charge in [-0.15, -0.1) is 0 Å². The Morgan fingerprint density at radius 3 is 2.43 bits per heavy atom. The van der Waals surface area contributed by atoms with Crippen LogP contribution in [0.15, 0.2) is 0 Å². The van der Waals surface area contributed by atoms with E-state index in [-0.39, 0.29) is 0 Å². The number of carbonyl (C=O) groups excluding carboxylic acids is 1. The van der Waals surface area contributed by atoms with Crippen LogP contribution in [-0.2, 0) is 14.9 Å². The lowest BCUT2D eigenvalue weighted by Gasteiger charge is -2.12. The number of ether oxygens (including phenoxy) is 1. The van der Waals surface area contributed by atoms with Crippen molar-refractivity contribution in [2.24, 2.45) is 0 Å². The highest BCUT2D eigenvalue weighted by atomic mass is 32.2. The summed E-state index contributed by atoms with van der Waals surface area (Å²) in [6.07, 6.45) is 0. The zero-order valence-electron chi connectivity index (χ0n) is 7.07. The smallest absolute Gasteiger partial charge is 0.402 e. The third kappa shape index (κ3) is 4.20. The first-order chi connectivity index (χ1) is 6.20. The lowest BCUT2D eigenvalue weighted by molar-refractivity contribution is 0.0147. The van der Waals surface area contributed by atoms with E-state index in [0.29, 0.717) is 17.5 Å². The fourth-order valence-electron chi connectivity index (χ4n) is 0.377. The van der Waals surface area contributed by atoms with Crippen LogP contribution in [0.3, 0.4) is 0 Å². The van der Waals surface area contributed by atoms with Gasteiger partial charge in [-0.05, 0) is 11.8 Å². The minimum Gasteiger partial charge on any atom is -0.450 e. The molecular weight excluding hydrogens is 242 g/mol. The van der Waals surface area contributed by atoms with Crippen molar-refractivity contribution < 1.29 is 31.3 Å². The van der Waals surface area contributed by atoms with Gasteiger partial charge in [-0.2, -0.15) is 17.2 Å². The lowest BCUT2D eigenvalue weighted by atomic mass is 10.8. The number of thioether (sulfide) groups is 1. The molecule has 0 aromatic carbocycles. The van der Waals surface area contributed by atoms with Crippen LogP contribution in [0.5, 0.6) is 0 Å². The summed E-state index contributed by atoms with van der Waals surface area (Å²) >= 11 is 0.612. The van der Waals surface area contributed by atoms with Crippen LogP contribution in [0.25, 0.3) is 0 Å². The Morgan fingerprint density at radius 1 is 1.57 bits per heavy atom. The molecule has 84 valence electrons. The number of rotatable bonds is 4. The first kappa shape index (κ1) is 13.6. The van der Waals surface area contributed by atoms with Gasteiger partial charge in [0.2, 0.25) is 0 Å². The van der Waals surface area contributed by atoms with Gasteiger partial charge in [0.15, 0.2) is 6.61 Å². The zero-order chi connectivity index (χ0) is 11.4. The minimum absolute atomic E-state index is 0.316. The molecule has 0 saturated heterocycles. The Morgan fingerprint density at radius 2 is 2.07 bits per heavy atom. The van der Waals surface area contributed by atoms with Crippen LogP contribution >= 0.6 is 11.8 Å². The number of carbonyl (C=O) groups is 1. The van der Waals surface area contributed by atoms with Gasteiger partial charge in [-0.3, -0.25) is 4.55 Å². The van der Waals surface area contributed by atoms with Crippen molar-refractivity contribution >= 4 is 27.2 Å². The van der Waals surface area contributed by atoms with Crippen LogP contribution in [-0.4, -0.2) is 35.9 Å². The van der Waals surface area contributed by atoms with Crippen LogP contribution in [0, 0.1) is 0 Å². The molecule has 0 fully saturated rings. The van der Waals surface area contributed by atoms with E-state index >= 15 is 0 Å². The van der Waals surface area contributed by atoms with Gasteiger partial charge in [-0.25, -0.2) is 4.79 Å². The second-order valence-electron chi connectivity index (χ2n) is 2.08. The van der Waals surface area contributed by atoms with Crippen LogP contribution in [0.1, 0.15) is 6.92 Å². The molecule has 0 rings (SSSR count). The Labute approximate surface area is 83.6 Å². The summed E-state index contributed by atoms with van der Waals surface area (Å²) in [5.74, 6) is 0.316. The molecule has 0 saturated carbocycles. The molecule has 0 aliphatic carbocycles. The lowest BCUT2D eigenvalue weighted by Crippen LogP contribution is -2.34. The van der Waals surface area contributed by atoms with Gasteiger partial charge in [-0.1, -0.05) is 6.92 Å². The largest absolute Gasteiger partial charge is 0.450 e. The van der Waals surface area contributed by atoms with Crippen LogP contribution in [0.4, 0.5) is 13.6 Å². The van der Waals surface area contributed by atoms with Crippen molar-refractivity contribution in [3.63, 3.8) is 0 Å². The predicted molar refractivity (Wildman–Crippen MR) is 46.0 cm³/mol. The Bertz CT molecular complexity index is 299. The molecule has 0 spiro atoms. The Balaban J connectivity index is 4.20. The van der Waals surface area contributed by atoms with Gasteiger partial charge >= 0.3 is 20.7 Å². The van der Waals surface area contributed by atoms with Gasteiger partial charge in [0, 0.05) is 5.75 Å². The maximum absolute atomic E-state index is 12.4. The van der Waals surface area contributed by atoms with Crippen molar-refractivity contribution in [2.75, 3.05) is 12.4 Å². The van der Waals surface area contributed by atoms with E-state index in [1.807, 2.05) is 0 Å². The van der Waals surface area contributed by atoms with Crippen molar-refractivity contribution in [3.05, 3.63) is 0 Å². The molecule has 1 N–H and O–H groups in total. The van der Waals surface area contributed by atoms with Crippen molar-refractivity contribution in [1.82, 2.24) is 0 Å². The monoisotopic (exact) mass is 250 g/mol. The number of hydrogen-bond acceptors (Lipinski definition) is 5. The highest BCUT2D eigenvalue weighted by molar-refractivity contribution is 8.13. The van der Waals surface area contributed by atoms with Crippen molar-refractivity contribution in [2.45, 2.75) is 12.2 Å². The molecule has 0 atom stereocenters. The summed E-state index contributed by atoms with van der Waals surface area (Å²) in [4.78, 5) is 10.5. The maximum atomic E-state index is 12.4. The normalized spacial score (nSPS) is 12.6. The Hall–Kier alpha value is -0.410. The van der Waals surface area contributed by atoms with E-state index in [4.69, 9.17) is 4.55 Å². The molecule has 5 nitrogen and oxygen atoms in total. The molecular formula is C5H8F2O5S2. The summed E-state index contributed by atoms with van der Waals surface area (Å²) in [5, 5.41) is -5.48. The van der Waals surface area contributed by atoms with Crippen molar-refractivity contribution in [1.29, 1.82) is 0 Å². The first-order valence-corrected chi connectivity index (χ1v) is 5.77. The third-order valence-electron chi connectivity index (χ3n) is 0.998. The maximum Gasteiger partial charge on any atom is 0.402 e. The molecule has 0 aliphatic heterocycles. The Kier molecular flexibility index (Phi) is 4.75. The molecule has 0 aliphatic rings. The standard InChI is InChI=1S/C5H8F2O5S2/c1-2-13-4(8)12-3-5(6,7)14(9,10)11/h2-3H2,1H3,(H,9,10,11). The number of hydrogen-bond donors (Lipinski definition) is 1. The van der Waals surface area contributed by atoms with E-state index in [1.165, 1.54) is 0 Å². The second-order valence-corrected chi connectivity index (χ2v) is 4.83. The topological polar surface area (TPSA) is 80.7 Å². The summed E-state index contributed by atoms with van der Waals surface area (Å²) in [6, 6.07) is 0.